The summed E-state index contributed by atoms with van der Waals surface area (Å²) in [5, 5.41) is 3.80. The van der Waals surface area contributed by atoms with E-state index in [1.807, 2.05) is 44.2 Å². The highest BCUT2D eigenvalue weighted by molar-refractivity contribution is 6.28. The molecule has 0 fully saturated rings. The number of ether oxygens (including phenoxy) is 1. The zero-order valence-electron chi connectivity index (χ0n) is 12.0. The SMILES string of the molecule is CCNC(c1ccc(Cl)o1)c1ccccc1OC(C)C. The smallest absolute Gasteiger partial charge is 0.193 e. The van der Waals surface area contributed by atoms with Crippen LogP contribution in [0, 0.1) is 0 Å². The van der Waals surface area contributed by atoms with Crippen LogP contribution in [0.4, 0.5) is 0 Å². The molecule has 1 aromatic heterocycles. The van der Waals surface area contributed by atoms with Crippen molar-refractivity contribution in [2.24, 2.45) is 0 Å². The molecule has 0 saturated heterocycles. The molecule has 2 rings (SSSR count). The number of hydrogen-bond donors (Lipinski definition) is 1. The van der Waals surface area contributed by atoms with Gasteiger partial charge in [0.15, 0.2) is 5.22 Å². The van der Waals surface area contributed by atoms with Crippen LogP contribution in [-0.2, 0) is 0 Å². The highest BCUT2D eigenvalue weighted by Crippen LogP contribution is 2.32. The van der Waals surface area contributed by atoms with Gasteiger partial charge in [0.1, 0.15) is 11.5 Å². The molecule has 0 bridgehead atoms. The second-order valence-electron chi connectivity index (χ2n) is 4.84. The van der Waals surface area contributed by atoms with E-state index in [0.29, 0.717) is 5.22 Å². The van der Waals surface area contributed by atoms with Gasteiger partial charge in [-0.05, 0) is 50.2 Å². The fourth-order valence-corrected chi connectivity index (χ4v) is 2.28. The van der Waals surface area contributed by atoms with Crippen LogP contribution in [0.3, 0.4) is 0 Å². The molecular weight excluding hydrogens is 274 g/mol. The number of nitrogens with one attached hydrogen (secondary N) is 1. The minimum absolute atomic E-state index is 0.0672. The number of furan rings is 1. The minimum atomic E-state index is -0.0672. The van der Waals surface area contributed by atoms with E-state index >= 15 is 0 Å². The summed E-state index contributed by atoms with van der Waals surface area (Å²) in [4.78, 5) is 0. The lowest BCUT2D eigenvalue weighted by Gasteiger charge is -2.21. The molecule has 1 heterocycles. The van der Waals surface area contributed by atoms with Crippen LogP contribution in [0.25, 0.3) is 0 Å². The Morgan fingerprint density at radius 3 is 2.55 bits per heavy atom. The first-order valence-electron chi connectivity index (χ1n) is 6.86. The van der Waals surface area contributed by atoms with E-state index in [-0.39, 0.29) is 12.1 Å². The third kappa shape index (κ3) is 3.56. The predicted octanol–water partition coefficient (Wildman–Crippen LogP) is 4.42. The Hall–Kier alpha value is -1.45. The monoisotopic (exact) mass is 293 g/mol. The van der Waals surface area contributed by atoms with Crippen LogP contribution in [0.2, 0.25) is 5.22 Å². The van der Waals surface area contributed by atoms with Gasteiger partial charge in [-0.3, -0.25) is 0 Å². The molecule has 0 saturated carbocycles. The molecule has 0 aliphatic rings. The molecule has 108 valence electrons. The van der Waals surface area contributed by atoms with Gasteiger partial charge in [-0.15, -0.1) is 0 Å². The average Bonchev–Trinajstić information content (AvgIpc) is 2.83. The standard InChI is InChI=1S/C16H20ClNO2/c1-4-18-16(14-9-10-15(17)20-14)12-7-5-6-8-13(12)19-11(2)3/h5-11,16,18H,4H2,1-3H3. The molecule has 3 nitrogen and oxygen atoms in total. The zero-order chi connectivity index (χ0) is 14.5. The van der Waals surface area contributed by atoms with Crippen molar-refractivity contribution in [2.75, 3.05) is 6.54 Å². The summed E-state index contributed by atoms with van der Waals surface area (Å²) in [6.07, 6.45) is 0.124. The van der Waals surface area contributed by atoms with Crippen molar-refractivity contribution in [1.29, 1.82) is 0 Å². The van der Waals surface area contributed by atoms with Gasteiger partial charge in [0.25, 0.3) is 0 Å². The van der Waals surface area contributed by atoms with E-state index in [0.717, 1.165) is 23.6 Å². The van der Waals surface area contributed by atoms with Crippen molar-refractivity contribution >= 4 is 11.6 Å². The number of para-hydroxylation sites is 1. The lowest BCUT2D eigenvalue weighted by molar-refractivity contribution is 0.237. The van der Waals surface area contributed by atoms with Gasteiger partial charge in [0, 0.05) is 5.56 Å². The molecule has 0 radical (unpaired) electrons. The maximum Gasteiger partial charge on any atom is 0.193 e. The number of hydrogen-bond acceptors (Lipinski definition) is 3. The van der Waals surface area contributed by atoms with E-state index < -0.39 is 0 Å². The summed E-state index contributed by atoms with van der Waals surface area (Å²) >= 11 is 5.89. The highest BCUT2D eigenvalue weighted by Gasteiger charge is 2.20. The van der Waals surface area contributed by atoms with Gasteiger partial charge in [0.05, 0.1) is 12.1 Å². The second-order valence-corrected chi connectivity index (χ2v) is 5.21. The first kappa shape index (κ1) is 14.9. The molecule has 0 aliphatic heterocycles. The van der Waals surface area contributed by atoms with Crippen LogP contribution in [0.15, 0.2) is 40.8 Å². The summed E-state index contributed by atoms with van der Waals surface area (Å²) in [5.74, 6) is 1.65. The Bertz CT molecular complexity index is 551. The van der Waals surface area contributed by atoms with E-state index in [4.69, 9.17) is 20.8 Å². The molecule has 1 aromatic carbocycles. The van der Waals surface area contributed by atoms with Crippen LogP contribution in [0.5, 0.6) is 5.75 Å². The van der Waals surface area contributed by atoms with Crippen molar-refractivity contribution in [2.45, 2.75) is 32.9 Å². The van der Waals surface area contributed by atoms with Crippen LogP contribution >= 0.6 is 11.6 Å². The van der Waals surface area contributed by atoms with Gasteiger partial charge in [-0.25, -0.2) is 0 Å². The van der Waals surface area contributed by atoms with Crippen molar-refractivity contribution < 1.29 is 9.15 Å². The first-order chi connectivity index (χ1) is 9.61. The maximum atomic E-state index is 5.89. The largest absolute Gasteiger partial charge is 0.491 e. The first-order valence-corrected chi connectivity index (χ1v) is 7.23. The Labute approximate surface area is 124 Å². The molecule has 4 heteroatoms. The molecule has 1 N–H and O–H groups in total. The lowest BCUT2D eigenvalue weighted by Crippen LogP contribution is -2.22. The summed E-state index contributed by atoms with van der Waals surface area (Å²) < 4.78 is 11.4. The summed E-state index contributed by atoms with van der Waals surface area (Å²) in [6, 6.07) is 11.6. The third-order valence-corrected chi connectivity index (χ3v) is 3.08. The van der Waals surface area contributed by atoms with Crippen LogP contribution in [0.1, 0.15) is 38.1 Å². The normalized spacial score (nSPS) is 12.7. The summed E-state index contributed by atoms with van der Waals surface area (Å²) in [5.41, 5.74) is 1.05. The fraction of sp³-hybridized carbons (Fsp3) is 0.375. The van der Waals surface area contributed by atoms with Gasteiger partial charge >= 0.3 is 0 Å². The quantitative estimate of drug-likeness (QED) is 0.856. The Balaban J connectivity index is 2.38. The number of halogens is 1. The van der Waals surface area contributed by atoms with Gasteiger partial charge in [-0.1, -0.05) is 25.1 Å². The minimum Gasteiger partial charge on any atom is -0.491 e. The molecule has 0 aliphatic carbocycles. The molecular formula is C16H20ClNO2. The van der Waals surface area contributed by atoms with Crippen molar-refractivity contribution in [1.82, 2.24) is 5.32 Å². The fourth-order valence-electron chi connectivity index (χ4n) is 2.13. The summed E-state index contributed by atoms with van der Waals surface area (Å²) in [7, 11) is 0. The Morgan fingerprint density at radius 1 is 1.20 bits per heavy atom. The van der Waals surface area contributed by atoms with Crippen LogP contribution < -0.4 is 10.1 Å². The van der Waals surface area contributed by atoms with E-state index in [9.17, 15) is 0 Å². The molecule has 1 unspecified atom stereocenters. The maximum absolute atomic E-state index is 5.89. The van der Waals surface area contributed by atoms with Crippen molar-refractivity contribution in [3.05, 3.63) is 52.9 Å². The predicted molar refractivity (Wildman–Crippen MR) is 81.4 cm³/mol. The van der Waals surface area contributed by atoms with Gasteiger partial charge in [-0.2, -0.15) is 0 Å². The zero-order valence-corrected chi connectivity index (χ0v) is 12.8. The van der Waals surface area contributed by atoms with E-state index in [1.54, 1.807) is 6.07 Å². The number of rotatable bonds is 6. The van der Waals surface area contributed by atoms with Crippen molar-refractivity contribution in [3.8, 4) is 5.75 Å². The average molecular weight is 294 g/mol. The van der Waals surface area contributed by atoms with Crippen molar-refractivity contribution in [3.63, 3.8) is 0 Å². The van der Waals surface area contributed by atoms with Gasteiger partial charge in [0.2, 0.25) is 0 Å². The van der Waals surface area contributed by atoms with E-state index in [1.165, 1.54) is 0 Å². The highest BCUT2D eigenvalue weighted by atomic mass is 35.5. The van der Waals surface area contributed by atoms with E-state index in [2.05, 4.69) is 12.2 Å². The molecule has 0 spiro atoms. The molecule has 1 atom stereocenters. The molecule has 0 amide bonds. The lowest BCUT2D eigenvalue weighted by atomic mass is 10.0. The van der Waals surface area contributed by atoms with Crippen LogP contribution in [-0.4, -0.2) is 12.6 Å². The molecule has 20 heavy (non-hydrogen) atoms. The number of benzene rings is 1. The second kappa shape index (κ2) is 6.82. The topological polar surface area (TPSA) is 34.4 Å². The summed E-state index contributed by atoms with van der Waals surface area (Å²) in [6.45, 7) is 6.91. The third-order valence-electron chi connectivity index (χ3n) is 2.88. The Morgan fingerprint density at radius 2 is 1.95 bits per heavy atom. The molecule has 2 aromatic rings. The Kier molecular flexibility index (Phi) is 5.10. The van der Waals surface area contributed by atoms with Gasteiger partial charge < -0.3 is 14.5 Å².